The van der Waals surface area contributed by atoms with E-state index in [1.165, 1.54) is 0 Å². The number of hydrogen-bond acceptors (Lipinski definition) is 5. The normalized spacial score (nSPS) is 23.0. The molecular weight excluding hydrogens is 296 g/mol. The van der Waals surface area contributed by atoms with Crippen molar-refractivity contribution in [2.75, 3.05) is 5.32 Å². The van der Waals surface area contributed by atoms with Crippen LogP contribution in [-0.2, 0) is 4.79 Å². The monoisotopic (exact) mass is 314 g/mol. The first-order valence-corrected chi connectivity index (χ1v) is 8.32. The SMILES string of the molecule is Cc1nc2n(n1)C(c1cccs1)C1=C(CC(C)(C)CC1=O)N2. The van der Waals surface area contributed by atoms with E-state index in [0.717, 1.165) is 34.3 Å². The maximum Gasteiger partial charge on any atom is 0.226 e. The zero-order chi connectivity index (χ0) is 15.5. The summed E-state index contributed by atoms with van der Waals surface area (Å²) >= 11 is 1.66. The Morgan fingerprint density at radius 2 is 2.23 bits per heavy atom. The van der Waals surface area contributed by atoms with Gasteiger partial charge in [0, 0.05) is 22.6 Å². The highest BCUT2D eigenvalue weighted by Gasteiger charge is 2.41. The number of nitrogens with zero attached hydrogens (tertiary/aromatic N) is 3. The average Bonchev–Trinajstić information content (AvgIpc) is 3.02. The Balaban J connectivity index is 1.92. The predicted octanol–water partition coefficient (Wildman–Crippen LogP) is 3.31. The molecule has 2 aromatic rings. The van der Waals surface area contributed by atoms with E-state index >= 15 is 0 Å². The van der Waals surface area contributed by atoms with Gasteiger partial charge in [-0.05, 0) is 30.2 Å². The quantitative estimate of drug-likeness (QED) is 0.877. The smallest absolute Gasteiger partial charge is 0.226 e. The van der Waals surface area contributed by atoms with Gasteiger partial charge >= 0.3 is 0 Å². The molecule has 0 fully saturated rings. The van der Waals surface area contributed by atoms with E-state index in [1.54, 1.807) is 11.3 Å². The molecule has 0 aromatic carbocycles. The summed E-state index contributed by atoms with van der Waals surface area (Å²) in [5, 5.41) is 9.90. The summed E-state index contributed by atoms with van der Waals surface area (Å²) in [4.78, 5) is 18.4. The zero-order valence-corrected chi connectivity index (χ0v) is 13.7. The van der Waals surface area contributed by atoms with E-state index in [4.69, 9.17) is 0 Å². The number of hydrogen-bond donors (Lipinski definition) is 1. The van der Waals surface area contributed by atoms with Crippen molar-refractivity contribution in [1.82, 2.24) is 14.8 Å². The second-order valence-corrected chi connectivity index (χ2v) is 7.78. The average molecular weight is 314 g/mol. The molecule has 114 valence electrons. The van der Waals surface area contributed by atoms with Crippen molar-refractivity contribution in [3.05, 3.63) is 39.5 Å². The summed E-state index contributed by atoms with van der Waals surface area (Å²) < 4.78 is 1.86. The van der Waals surface area contributed by atoms with Gasteiger partial charge in [-0.25, -0.2) is 4.68 Å². The summed E-state index contributed by atoms with van der Waals surface area (Å²) in [5.74, 6) is 1.67. The third kappa shape index (κ3) is 2.01. The summed E-state index contributed by atoms with van der Waals surface area (Å²) in [6.07, 6.45) is 1.44. The Morgan fingerprint density at radius 1 is 1.41 bits per heavy atom. The van der Waals surface area contributed by atoms with Crippen LogP contribution in [0.15, 0.2) is 28.8 Å². The van der Waals surface area contributed by atoms with Crippen LogP contribution < -0.4 is 5.32 Å². The molecule has 0 saturated heterocycles. The molecule has 0 radical (unpaired) electrons. The van der Waals surface area contributed by atoms with Crippen LogP contribution in [0.4, 0.5) is 5.95 Å². The van der Waals surface area contributed by atoms with E-state index in [9.17, 15) is 4.79 Å². The van der Waals surface area contributed by atoms with E-state index in [0.29, 0.717) is 6.42 Å². The second kappa shape index (κ2) is 4.52. The molecule has 0 amide bonds. The molecule has 2 aromatic heterocycles. The van der Waals surface area contributed by atoms with Gasteiger partial charge in [-0.1, -0.05) is 19.9 Å². The van der Waals surface area contributed by atoms with Crippen LogP contribution in [0.5, 0.6) is 0 Å². The van der Waals surface area contributed by atoms with Crippen LogP contribution in [0.3, 0.4) is 0 Å². The van der Waals surface area contributed by atoms with E-state index in [1.807, 2.05) is 23.1 Å². The van der Waals surface area contributed by atoms with E-state index in [-0.39, 0.29) is 17.2 Å². The first-order chi connectivity index (χ1) is 10.4. The number of aromatic nitrogens is 3. The van der Waals surface area contributed by atoms with Gasteiger partial charge in [0.2, 0.25) is 5.95 Å². The number of aryl methyl sites for hydroxylation is 1. The largest absolute Gasteiger partial charge is 0.328 e. The van der Waals surface area contributed by atoms with Crippen molar-refractivity contribution in [3.8, 4) is 0 Å². The van der Waals surface area contributed by atoms with Gasteiger partial charge < -0.3 is 5.32 Å². The standard InChI is InChI=1S/C16H18N4OS/c1-9-17-15-18-10-7-16(2,3)8-11(21)13(10)14(20(15)19-9)12-5-4-6-22-12/h4-6,14H,7-8H2,1-3H3,(H,17,18,19). The minimum absolute atomic E-state index is 0.0137. The molecule has 2 aliphatic rings. The molecule has 0 saturated carbocycles. The number of anilines is 1. The Hall–Kier alpha value is -1.95. The highest BCUT2D eigenvalue weighted by atomic mass is 32.1. The molecule has 0 spiro atoms. The van der Waals surface area contributed by atoms with Gasteiger partial charge in [0.25, 0.3) is 0 Å². The molecule has 3 heterocycles. The Bertz CT molecular complexity index is 785. The Labute approximate surface area is 133 Å². The third-order valence-electron chi connectivity index (χ3n) is 4.25. The van der Waals surface area contributed by atoms with Crippen LogP contribution >= 0.6 is 11.3 Å². The van der Waals surface area contributed by atoms with Gasteiger partial charge in [0.1, 0.15) is 11.9 Å². The van der Waals surface area contributed by atoms with Crippen molar-refractivity contribution in [3.63, 3.8) is 0 Å². The summed E-state index contributed by atoms with van der Waals surface area (Å²) in [5.41, 5.74) is 1.86. The van der Waals surface area contributed by atoms with Crippen molar-refractivity contribution in [2.24, 2.45) is 5.41 Å². The first-order valence-electron chi connectivity index (χ1n) is 7.44. The third-order valence-corrected chi connectivity index (χ3v) is 5.18. The molecule has 22 heavy (non-hydrogen) atoms. The predicted molar refractivity (Wildman–Crippen MR) is 85.9 cm³/mol. The van der Waals surface area contributed by atoms with Gasteiger partial charge in [0.15, 0.2) is 5.78 Å². The molecule has 1 aliphatic heterocycles. The Kier molecular flexibility index (Phi) is 2.81. The molecule has 1 N–H and O–H groups in total. The van der Waals surface area contributed by atoms with Crippen LogP contribution in [0.1, 0.15) is 43.4 Å². The highest BCUT2D eigenvalue weighted by Crippen LogP contribution is 2.45. The van der Waals surface area contributed by atoms with Gasteiger partial charge in [0.05, 0.1) is 0 Å². The molecule has 1 unspecified atom stereocenters. The van der Waals surface area contributed by atoms with Crippen LogP contribution in [0, 0.1) is 12.3 Å². The molecular formula is C16H18N4OS. The lowest BCUT2D eigenvalue weighted by atomic mass is 9.73. The maximum absolute atomic E-state index is 12.8. The number of thiophene rings is 1. The van der Waals surface area contributed by atoms with Crippen molar-refractivity contribution in [2.45, 2.75) is 39.7 Å². The number of nitrogens with one attached hydrogen (secondary N) is 1. The van der Waals surface area contributed by atoms with Crippen LogP contribution in [-0.4, -0.2) is 20.5 Å². The molecule has 4 rings (SSSR count). The van der Waals surface area contributed by atoms with Crippen LogP contribution in [0.2, 0.25) is 0 Å². The number of fused-ring (bicyclic) bond motifs is 1. The summed E-state index contributed by atoms with van der Waals surface area (Å²) in [6, 6.07) is 3.94. The number of Topliss-reactive ketones (excluding diaryl/α,β-unsaturated/α-hetero) is 1. The Morgan fingerprint density at radius 3 is 2.95 bits per heavy atom. The van der Waals surface area contributed by atoms with E-state index in [2.05, 4.69) is 35.3 Å². The molecule has 0 bridgehead atoms. The number of ketones is 1. The fraction of sp³-hybridized carbons (Fsp3) is 0.438. The number of rotatable bonds is 1. The van der Waals surface area contributed by atoms with Gasteiger partial charge in [-0.3, -0.25) is 4.79 Å². The summed E-state index contributed by atoms with van der Waals surface area (Å²) in [7, 11) is 0. The fourth-order valence-corrected chi connectivity index (χ4v) is 4.24. The van der Waals surface area contributed by atoms with Gasteiger partial charge in [-0.2, -0.15) is 10.1 Å². The van der Waals surface area contributed by atoms with Crippen molar-refractivity contribution < 1.29 is 4.79 Å². The maximum atomic E-state index is 12.8. The van der Waals surface area contributed by atoms with E-state index < -0.39 is 0 Å². The fourth-order valence-electron chi connectivity index (χ4n) is 3.43. The van der Waals surface area contributed by atoms with Gasteiger partial charge in [-0.15, -0.1) is 11.3 Å². The lowest BCUT2D eigenvalue weighted by molar-refractivity contribution is -0.118. The number of allylic oxidation sites excluding steroid dienone is 2. The first kappa shape index (κ1) is 13.7. The second-order valence-electron chi connectivity index (χ2n) is 6.80. The van der Waals surface area contributed by atoms with Crippen molar-refractivity contribution >= 4 is 23.1 Å². The molecule has 6 heteroatoms. The molecule has 1 aliphatic carbocycles. The lowest BCUT2D eigenvalue weighted by Crippen LogP contribution is -2.36. The number of carbonyl (C=O) groups excluding carboxylic acids is 1. The summed E-state index contributed by atoms with van der Waals surface area (Å²) in [6.45, 7) is 6.16. The molecule has 1 atom stereocenters. The van der Waals surface area contributed by atoms with Crippen LogP contribution in [0.25, 0.3) is 0 Å². The minimum Gasteiger partial charge on any atom is -0.328 e. The zero-order valence-electron chi connectivity index (χ0n) is 12.9. The lowest BCUT2D eigenvalue weighted by Gasteiger charge is -2.37. The highest BCUT2D eigenvalue weighted by molar-refractivity contribution is 7.10. The van der Waals surface area contributed by atoms with Crippen molar-refractivity contribution in [1.29, 1.82) is 0 Å². The number of carbonyl (C=O) groups is 1. The topological polar surface area (TPSA) is 59.8 Å². The minimum atomic E-state index is -0.143. The molecule has 5 nitrogen and oxygen atoms in total.